The van der Waals surface area contributed by atoms with Gasteiger partial charge in [0.25, 0.3) is 0 Å². The van der Waals surface area contributed by atoms with E-state index >= 15 is 0 Å². The topological polar surface area (TPSA) is 113 Å². The Hall–Kier alpha value is -3.30. The summed E-state index contributed by atoms with van der Waals surface area (Å²) >= 11 is 0. The minimum absolute atomic E-state index is 0.00584. The fraction of sp³-hybridized carbons (Fsp3) is 0.440. The molecule has 1 amide bonds. The highest BCUT2D eigenvalue weighted by molar-refractivity contribution is 6.00. The van der Waals surface area contributed by atoms with Crippen LogP contribution < -0.4 is 26.7 Å². The molecular weight excluding hydrogens is 430 g/mol. The molecular formula is C25H33N7O2. The molecule has 3 heterocycles. The first-order chi connectivity index (χ1) is 16.6. The summed E-state index contributed by atoms with van der Waals surface area (Å²) in [6, 6.07) is 10.2. The molecule has 5 rings (SSSR count). The molecule has 1 aliphatic carbocycles. The molecule has 0 bridgehead atoms. The number of piperazine rings is 1. The highest BCUT2D eigenvalue weighted by Crippen LogP contribution is 2.40. The average molecular weight is 464 g/mol. The van der Waals surface area contributed by atoms with E-state index in [9.17, 15) is 4.79 Å². The van der Waals surface area contributed by atoms with Crippen LogP contribution in [0.1, 0.15) is 31.2 Å². The summed E-state index contributed by atoms with van der Waals surface area (Å²) in [4.78, 5) is 22.6. The number of methoxy groups -OCH3 is 1. The van der Waals surface area contributed by atoms with Crippen molar-refractivity contribution >= 4 is 28.8 Å². The lowest BCUT2D eigenvalue weighted by molar-refractivity contribution is -0.124. The van der Waals surface area contributed by atoms with Crippen molar-refractivity contribution in [2.45, 2.75) is 38.3 Å². The van der Waals surface area contributed by atoms with Gasteiger partial charge in [-0.3, -0.25) is 4.79 Å². The van der Waals surface area contributed by atoms with Gasteiger partial charge < -0.3 is 30.6 Å². The van der Waals surface area contributed by atoms with Crippen LogP contribution in [0.4, 0.5) is 22.9 Å². The van der Waals surface area contributed by atoms with Crippen LogP contribution in [0, 0.1) is 5.92 Å². The van der Waals surface area contributed by atoms with Crippen LogP contribution in [0.3, 0.4) is 0 Å². The Morgan fingerprint density at radius 1 is 1.18 bits per heavy atom. The van der Waals surface area contributed by atoms with Crippen LogP contribution in [-0.2, 0) is 16.1 Å². The van der Waals surface area contributed by atoms with Crippen molar-refractivity contribution in [1.82, 2.24) is 9.99 Å². The average Bonchev–Trinajstić information content (AvgIpc) is 3.05. The van der Waals surface area contributed by atoms with Crippen molar-refractivity contribution in [3.63, 3.8) is 0 Å². The predicted octanol–water partition coefficient (Wildman–Crippen LogP) is 2.67. The third kappa shape index (κ3) is 4.28. The van der Waals surface area contributed by atoms with E-state index < -0.39 is 0 Å². The maximum Gasteiger partial charge on any atom is 0.230 e. The number of hydrazine groups is 1. The minimum Gasteiger partial charge on any atom is -0.403 e. The summed E-state index contributed by atoms with van der Waals surface area (Å²) in [5, 5.41) is 5.15. The van der Waals surface area contributed by atoms with E-state index in [1.165, 1.54) is 0 Å². The fourth-order valence-electron chi connectivity index (χ4n) is 5.18. The number of ether oxygens (including phenoxy) is 1. The van der Waals surface area contributed by atoms with Crippen LogP contribution >= 0.6 is 0 Å². The quantitative estimate of drug-likeness (QED) is 0.596. The van der Waals surface area contributed by atoms with Crippen molar-refractivity contribution < 1.29 is 9.53 Å². The monoisotopic (exact) mass is 463 g/mol. The second-order valence-electron chi connectivity index (χ2n) is 9.24. The number of anilines is 4. The van der Waals surface area contributed by atoms with Crippen molar-refractivity contribution in [2.24, 2.45) is 17.5 Å². The van der Waals surface area contributed by atoms with Gasteiger partial charge in [-0.15, -0.1) is 0 Å². The number of hydrogen-bond acceptors (Lipinski definition) is 8. The molecule has 180 valence electrons. The Morgan fingerprint density at radius 2 is 2.00 bits per heavy atom. The number of nitrogens with two attached hydrogens (primary N) is 2. The number of hydrogen-bond donors (Lipinski definition) is 3. The second kappa shape index (κ2) is 9.52. The summed E-state index contributed by atoms with van der Waals surface area (Å²) in [5.74, 6) is 7.01. The molecule has 1 saturated heterocycles. The molecule has 2 aliphatic heterocycles. The van der Waals surface area contributed by atoms with E-state index in [-0.39, 0.29) is 17.9 Å². The molecule has 0 atom stereocenters. The Labute approximate surface area is 200 Å². The molecule has 9 heteroatoms. The van der Waals surface area contributed by atoms with Gasteiger partial charge in [-0.25, -0.2) is 10.8 Å². The number of rotatable bonds is 3. The normalized spacial score (nSPS) is 23.7. The number of pyridine rings is 1. The van der Waals surface area contributed by atoms with Gasteiger partial charge in [-0.1, -0.05) is 6.07 Å². The highest BCUT2D eigenvalue weighted by Gasteiger charge is 2.33. The number of carbonyl (C=O) groups excluding carboxylic acids is 1. The highest BCUT2D eigenvalue weighted by atomic mass is 16.5. The van der Waals surface area contributed by atoms with Crippen LogP contribution in [0.15, 0.2) is 48.4 Å². The summed E-state index contributed by atoms with van der Waals surface area (Å²) < 4.78 is 5.52. The van der Waals surface area contributed by atoms with Crippen LogP contribution in [-0.4, -0.2) is 48.7 Å². The number of nitrogens with zero attached hydrogens (tertiary/aromatic N) is 4. The van der Waals surface area contributed by atoms with Gasteiger partial charge in [0, 0.05) is 43.2 Å². The number of fused-ring (bicyclic) bond motifs is 2. The zero-order valence-electron chi connectivity index (χ0n) is 19.6. The number of nitrogens with one attached hydrogen (secondary N) is 1. The van der Waals surface area contributed by atoms with Crippen molar-refractivity contribution in [3.8, 4) is 0 Å². The van der Waals surface area contributed by atoms with E-state index in [0.29, 0.717) is 19.6 Å². The smallest absolute Gasteiger partial charge is 0.230 e. The lowest BCUT2D eigenvalue weighted by Gasteiger charge is -2.37. The number of carbonyl (C=O) groups is 1. The molecule has 1 aromatic carbocycles. The van der Waals surface area contributed by atoms with Gasteiger partial charge in [0.2, 0.25) is 5.91 Å². The molecule has 0 radical (unpaired) electrons. The van der Waals surface area contributed by atoms with Crippen molar-refractivity contribution in [2.75, 3.05) is 41.9 Å². The van der Waals surface area contributed by atoms with Crippen molar-refractivity contribution in [1.29, 1.82) is 0 Å². The summed E-state index contributed by atoms with van der Waals surface area (Å²) in [6.07, 6.45) is 7.12. The molecule has 3 aliphatic rings. The molecule has 0 spiro atoms. The van der Waals surface area contributed by atoms with Gasteiger partial charge in [0.15, 0.2) is 0 Å². The number of amides is 1. The number of aromatic nitrogens is 1. The first-order valence-corrected chi connectivity index (χ1v) is 11.9. The lowest BCUT2D eigenvalue weighted by atomic mass is 9.86. The maximum absolute atomic E-state index is 13.9. The van der Waals surface area contributed by atoms with Gasteiger partial charge in [0.1, 0.15) is 5.82 Å². The Bertz CT molecular complexity index is 1080. The van der Waals surface area contributed by atoms with Gasteiger partial charge in [-0.05, 0) is 49.9 Å². The minimum atomic E-state index is -0.00584. The van der Waals surface area contributed by atoms with E-state index in [4.69, 9.17) is 16.3 Å². The lowest BCUT2D eigenvalue weighted by Crippen LogP contribution is -2.48. The predicted molar refractivity (Wildman–Crippen MR) is 133 cm³/mol. The maximum atomic E-state index is 13.9. The molecule has 0 unspecified atom stereocenters. The van der Waals surface area contributed by atoms with Crippen LogP contribution in [0.25, 0.3) is 0 Å². The molecule has 5 N–H and O–H groups in total. The second-order valence-corrected chi connectivity index (χ2v) is 9.24. The Balaban J connectivity index is 1.49. The summed E-state index contributed by atoms with van der Waals surface area (Å²) in [7, 11) is 1.75. The molecule has 1 aromatic heterocycles. The van der Waals surface area contributed by atoms with Gasteiger partial charge in [0.05, 0.1) is 42.8 Å². The molecule has 1 saturated carbocycles. The molecule has 9 nitrogen and oxygen atoms in total. The van der Waals surface area contributed by atoms with E-state index in [1.54, 1.807) is 24.5 Å². The zero-order chi connectivity index (χ0) is 23.7. The first-order valence-electron chi connectivity index (χ1n) is 11.9. The SMILES string of the molecule is COC1CCC(C(=O)N2Cc3cccnc3Nc3ccc(N4CCN(N)/C(=C\N)C4)cc32)CC1. The van der Waals surface area contributed by atoms with Crippen molar-refractivity contribution in [3.05, 3.63) is 54.0 Å². The third-order valence-electron chi connectivity index (χ3n) is 7.26. The Morgan fingerprint density at radius 3 is 2.76 bits per heavy atom. The van der Waals surface area contributed by atoms with Crippen LogP contribution in [0.5, 0.6) is 0 Å². The number of benzene rings is 1. The first kappa shape index (κ1) is 22.5. The van der Waals surface area contributed by atoms with E-state index in [0.717, 1.165) is 66.4 Å². The zero-order valence-corrected chi connectivity index (χ0v) is 19.6. The summed E-state index contributed by atoms with van der Waals surface area (Å²) in [6.45, 7) is 2.56. The Kier molecular flexibility index (Phi) is 6.30. The van der Waals surface area contributed by atoms with Gasteiger partial charge >= 0.3 is 0 Å². The standard InChI is InChI=1S/C25H33N7O2/c1-34-21-7-4-17(5-8-21)25(33)31-15-18-3-2-10-28-24(18)29-22-9-6-19(13-23(22)31)30-11-12-32(27)20(14-26)16-30/h2-3,6,9-10,13-14,17,21H,4-5,7-8,11-12,15-16,26-27H2,1H3,(H,28,29)/b20-14-. The largest absolute Gasteiger partial charge is 0.403 e. The third-order valence-corrected chi connectivity index (χ3v) is 7.26. The molecule has 2 aromatic rings. The molecule has 34 heavy (non-hydrogen) atoms. The summed E-state index contributed by atoms with van der Waals surface area (Å²) in [5.41, 5.74) is 10.5. The van der Waals surface area contributed by atoms with Crippen LogP contribution in [0.2, 0.25) is 0 Å². The fourth-order valence-corrected chi connectivity index (χ4v) is 5.18. The van der Waals surface area contributed by atoms with E-state index in [1.807, 2.05) is 23.1 Å². The van der Waals surface area contributed by atoms with Gasteiger partial charge in [-0.2, -0.15) is 0 Å². The molecule has 2 fully saturated rings. The van der Waals surface area contributed by atoms with E-state index in [2.05, 4.69) is 27.3 Å².